The van der Waals surface area contributed by atoms with Crippen LogP contribution in [0.2, 0.25) is 0 Å². The molecule has 1 heterocycles. The molecule has 0 spiro atoms. The van der Waals surface area contributed by atoms with Crippen LogP contribution in [0.1, 0.15) is 31.5 Å². The average Bonchev–Trinajstić information content (AvgIpc) is 3.10. The lowest BCUT2D eigenvalue weighted by Gasteiger charge is -2.24. The summed E-state index contributed by atoms with van der Waals surface area (Å²) in [6.45, 7) is 1.93. The predicted molar refractivity (Wildman–Crippen MR) is 61.8 cm³/mol. The van der Waals surface area contributed by atoms with E-state index in [1.165, 1.54) is 6.07 Å². The summed E-state index contributed by atoms with van der Waals surface area (Å²) in [6, 6.07) is 1.43. The third-order valence-electron chi connectivity index (χ3n) is 3.00. The zero-order chi connectivity index (χ0) is 11.7. The summed E-state index contributed by atoms with van der Waals surface area (Å²) in [6.07, 6.45) is 2.21. The first-order valence-electron chi connectivity index (χ1n) is 5.56. The van der Waals surface area contributed by atoms with Crippen molar-refractivity contribution >= 4 is 5.82 Å². The molecular weight excluding hydrogens is 206 g/mol. The minimum absolute atomic E-state index is 0.0404. The minimum atomic E-state index is -0.121. The number of H-pyrrole nitrogens is 1. The average molecular weight is 223 g/mol. The number of aromatic amines is 1. The summed E-state index contributed by atoms with van der Waals surface area (Å²) in [5, 5.41) is 9.07. The Kier molecular flexibility index (Phi) is 2.96. The molecule has 0 aromatic carbocycles. The molecule has 0 amide bonds. The number of nitrogens with one attached hydrogen (secondary N) is 1. The molecule has 2 rings (SSSR count). The van der Waals surface area contributed by atoms with Crippen LogP contribution in [0.5, 0.6) is 0 Å². The lowest BCUT2D eigenvalue weighted by Crippen LogP contribution is -2.33. The highest BCUT2D eigenvalue weighted by molar-refractivity contribution is 5.38. The summed E-state index contributed by atoms with van der Waals surface area (Å²) in [5.41, 5.74) is -0.121. The number of likely N-dealkylation sites (N-methyl/N-ethyl adjacent to an activating group) is 1. The maximum Gasteiger partial charge on any atom is 0.252 e. The number of aliphatic hydroxyl groups excluding tert-OH is 1. The third kappa shape index (κ3) is 2.24. The lowest BCUT2D eigenvalue weighted by molar-refractivity contribution is 0.269. The van der Waals surface area contributed by atoms with Gasteiger partial charge in [-0.3, -0.25) is 4.79 Å². The Balaban J connectivity index is 2.29. The SMILES string of the molecule is CC(CO)N(C)c1cc(=O)[nH]c(C2CC2)n1. The maximum absolute atomic E-state index is 11.5. The van der Waals surface area contributed by atoms with Gasteiger partial charge in [0.05, 0.1) is 12.6 Å². The zero-order valence-electron chi connectivity index (χ0n) is 9.60. The zero-order valence-corrected chi connectivity index (χ0v) is 9.60. The topological polar surface area (TPSA) is 69.2 Å². The van der Waals surface area contributed by atoms with Crippen LogP contribution in [-0.4, -0.2) is 34.8 Å². The molecule has 0 aliphatic heterocycles. The van der Waals surface area contributed by atoms with Crippen LogP contribution in [0.3, 0.4) is 0 Å². The molecule has 16 heavy (non-hydrogen) atoms. The second-order valence-electron chi connectivity index (χ2n) is 4.41. The monoisotopic (exact) mass is 223 g/mol. The fourth-order valence-electron chi connectivity index (χ4n) is 1.54. The van der Waals surface area contributed by atoms with Crippen LogP contribution < -0.4 is 10.5 Å². The van der Waals surface area contributed by atoms with E-state index in [1.54, 1.807) is 0 Å². The fourth-order valence-corrected chi connectivity index (χ4v) is 1.54. The Bertz CT molecular complexity index is 425. The maximum atomic E-state index is 11.5. The first-order valence-corrected chi connectivity index (χ1v) is 5.56. The molecule has 1 fully saturated rings. The second kappa shape index (κ2) is 4.25. The first-order chi connectivity index (χ1) is 7.61. The molecule has 1 aromatic rings. The van der Waals surface area contributed by atoms with Crippen LogP contribution in [-0.2, 0) is 0 Å². The third-order valence-corrected chi connectivity index (χ3v) is 3.00. The Morgan fingerprint density at radius 1 is 1.69 bits per heavy atom. The molecule has 5 nitrogen and oxygen atoms in total. The van der Waals surface area contributed by atoms with Gasteiger partial charge in [0.25, 0.3) is 5.56 Å². The lowest BCUT2D eigenvalue weighted by atomic mass is 10.3. The van der Waals surface area contributed by atoms with Crippen molar-refractivity contribution in [3.05, 3.63) is 22.2 Å². The number of aliphatic hydroxyl groups is 1. The summed E-state index contributed by atoms with van der Waals surface area (Å²) in [4.78, 5) is 20.5. The van der Waals surface area contributed by atoms with Gasteiger partial charge in [-0.2, -0.15) is 0 Å². The van der Waals surface area contributed by atoms with Gasteiger partial charge in [-0.05, 0) is 19.8 Å². The van der Waals surface area contributed by atoms with E-state index in [0.717, 1.165) is 18.7 Å². The van der Waals surface area contributed by atoms with Crippen molar-refractivity contribution in [1.82, 2.24) is 9.97 Å². The largest absolute Gasteiger partial charge is 0.394 e. The summed E-state index contributed by atoms with van der Waals surface area (Å²) in [5.74, 6) is 1.83. The summed E-state index contributed by atoms with van der Waals surface area (Å²) < 4.78 is 0. The van der Waals surface area contributed by atoms with E-state index in [2.05, 4.69) is 9.97 Å². The number of aromatic nitrogens is 2. The Labute approximate surface area is 94.1 Å². The van der Waals surface area contributed by atoms with Gasteiger partial charge in [0.1, 0.15) is 11.6 Å². The van der Waals surface area contributed by atoms with E-state index in [-0.39, 0.29) is 18.2 Å². The number of anilines is 1. The highest BCUT2D eigenvalue weighted by Crippen LogP contribution is 2.37. The molecule has 0 bridgehead atoms. The van der Waals surface area contributed by atoms with Crippen molar-refractivity contribution in [3.63, 3.8) is 0 Å². The van der Waals surface area contributed by atoms with Gasteiger partial charge >= 0.3 is 0 Å². The van der Waals surface area contributed by atoms with Crippen molar-refractivity contribution in [3.8, 4) is 0 Å². The van der Waals surface area contributed by atoms with E-state index < -0.39 is 0 Å². The van der Waals surface area contributed by atoms with Gasteiger partial charge in [0, 0.05) is 19.0 Å². The number of hydrogen-bond donors (Lipinski definition) is 2. The Hall–Kier alpha value is -1.36. The van der Waals surface area contributed by atoms with Gasteiger partial charge in [-0.1, -0.05) is 0 Å². The van der Waals surface area contributed by atoms with E-state index in [1.807, 2.05) is 18.9 Å². The van der Waals surface area contributed by atoms with Crippen molar-refractivity contribution < 1.29 is 5.11 Å². The van der Waals surface area contributed by atoms with E-state index in [9.17, 15) is 4.79 Å². The van der Waals surface area contributed by atoms with Gasteiger partial charge in [-0.25, -0.2) is 4.98 Å². The van der Waals surface area contributed by atoms with E-state index in [4.69, 9.17) is 5.11 Å². The van der Waals surface area contributed by atoms with Crippen molar-refractivity contribution in [2.45, 2.75) is 31.7 Å². The summed E-state index contributed by atoms with van der Waals surface area (Å²) in [7, 11) is 1.83. The Morgan fingerprint density at radius 2 is 2.38 bits per heavy atom. The van der Waals surface area contributed by atoms with Gasteiger partial charge in [0.2, 0.25) is 0 Å². The van der Waals surface area contributed by atoms with Crippen LogP contribution >= 0.6 is 0 Å². The molecule has 5 heteroatoms. The molecule has 0 saturated heterocycles. The molecule has 2 N–H and O–H groups in total. The van der Waals surface area contributed by atoms with Gasteiger partial charge < -0.3 is 15.0 Å². The number of nitrogens with zero attached hydrogens (tertiary/aromatic N) is 2. The molecule has 88 valence electrons. The van der Waals surface area contributed by atoms with Crippen molar-refractivity contribution in [2.75, 3.05) is 18.6 Å². The number of hydrogen-bond acceptors (Lipinski definition) is 4. The van der Waals surface area contributed by atoms with E-state index >= 15 is 0 Å². The molecule has 1 unspecified atom stereocenters. The highest BCUT2D eigenvalue weighted by Gasteiger charge is 2.27. The smallest absolute Gasteiger partial charge is 0.252 e. The van der Waals surface area contributed by atoms with Crippen LogP contribution in [0.15, 0.2) is 10.9 Å². The minimum Gasteiger partial charge on any atom is -0.394 e. The van der Waals surface area contributed by atoms with Crippen molar-refractivity contribution in [1.29, 1.82) is 0 Å². The van der Waals surface area contributed by atoms with Gasteiger partial charge in [0.15, 0.2) is 0 Å². The predicted octanol–water partition coefficient (Wildman–Crippen LogP) is 0.464. The quantitative estimate of drug-likeness (QED) is 0.778. The molecule has 1 atom stereocenters. The van der Waals surface area contributed by atoms with Gasteiger partial charge in [-0.15, -0.1) is 0 Å². The molecular formula is C11H17N3O2. The van der Waals surface area contributed by atoms with Crippen molar-refractivity contribution in [2.24, 2.45) is 0 Å². The molecule has 1 aromatic heterocycles. The van der Waals surface area contributed by atoms with Crippen LogP contribution in [0.25, 0.3) is 0 Å². The first kappa shape index (κ1) is 11.1. The fraction of sp³-hybridized carbons (Fsp3) is 0.636. The number of rotatable bonds is 4. The normalized spacial score (nSPS) is 17.2. The molecule has 1 aliphatic rings. The highest BCUT2D eigenvalue weighted by atomic mass is 16.3. The summed E-state index contributed by atoms with van der Waals surface area (Å²) >= 11 is 0. The Morgan fingerprint density at radius 3 is 2.94 bits per heavy atom. The molecule has 1 saturated carbocycles. The molecule has 0 radical (unpaired) electrons. The van der Waals surface area contributed by atoms with Crippen LogP contribution in [0.4, 0.5) is 5.82 Å². The standard InChI is InChI=1S/C11H17N3O2/c1-7(6-15)14(2)9-5-10(16)13-11(12-9)8-3-4-8/h5,7-8,15H,3-4,6H2,1-2H3,(H,12,13,16). The second-order valence-corrected chi connectivity index (χ2v) is 4.41. The van der Waals surface area contributed by atoms with E-state index in [0.29, 0.717) is 11.7 Å². The van der Waals surface area contributed by atoms with Crippen LogP contribution in [0, 0.1) is 0 Å². The molecule has 1 aliphatic carbocycles.